The first kappa shape index (κ1) is 8.93. The van der Waals surface area contributed by atoms with Gasteiger partial charge in [-0.1, -0.05) is 0 Å². The summed E-state index contributed by atoms with van der Waals surface area (Å²) < 4.78 is 5.15. The Labute approximate surface area is 71.8 Å². The van der Waals surface area contributed by atoms with Gasteiger partial charge < -0.3 is 10.5 Å². The largest absolute Gasteiger partial charge is 0.462 e. The third kappa shape index (κ3) is 2.47. The lowest BCUT2D eigenvalue weighted by atomic mass is 10.4. The van der Waals surface area contributed by atoms with Crippen molar-refractivity contribution in [3.63, 3.8) is 0 Å². The molecular formula is C8H12N3O. The maximum absolute atomic E-state index is 5.26. The molecule has 0 unspecified atom stereocenters. The maximum Gasteiger partial charge on any atom is 0.316 e. The molecule has 0 aromatic carbocycles. The molecule has 1 rings (SSSR count). The van der Waals surface area contributed by atoms with Crippen molar-refractivity contribution in [3.05, 3.63) is 17.5 Å². The molecule has 1 heterocycles. The summed E-state index contributed by atoms with van der Waals surface area (Å²) in [5.74, 6) is 0. The van der Waals surface area contributed by atoms with E-state index < -0.39 is 0 Å². The van der Waals surface area contributed by atoms with Crippen LogP contribution in [0.5, 0.6) is 6.01 Å². The zero-order valence-corrected chi connectivity index (χ0v) is 7.29. The zero-order chi connectivity index (χ0) is 8.97. The molecule has 65 valence electrons. The molecule has 0 atom stereocenters. The minimum absolute atomic E-state index is 0.384. The lowest BCUT2D eigenvalue weighted by Crippen LogP contribution is -2.12. The molecule has 0 fully saturated rings. The van der Waals surface area contributed by atoms with E-state index in [0.29, 0.717) is 19.2 Å². The Balaban J connectivity index is 2.72. The van der Waals surface area contributed by atoms with Crippen LogP contribution in [0.25, 0.3) is 0 Å². The predicted octanol–water partition coefficient (Wildman–Crippen LogP) is 0.231. The molecule has 0 saturated heterocycles. The van der Waals surface area contributed by atoms with Crippen LogP contribution in [-0.2, 0) is 0 Å². The van der Waals surface area contributed by atoms with Crippen molar-refractivity contribution < 1.29 is 4.74 Å². The Morgan fingerprint density at radius 1 is 1.33 bits per heavy atom. The minimum Gasteiger partial charge on any atom is -0.462 e. The first-order chi connectivity index (χ1) is 5.72. The SMILES string of the molecule is Cc1[c]c(C)nc(OCCN)n1. The van der Waals surface area contributed by atoms with Gasteiger partial charge in [0.2, 0.25) is 0 Å². The highest BCUT2D eigenvalue weighted by Crippen LogP contribution is 2.04. The Kier molecular flexibility index (Phi) is 2.99. The second-order valence-electron chi connectivity index (χ2n) is 2.44. The van der Waals surface area contributed by atoms with E-state index in [0.717, 1.165) is 11.4 Å². The van der Waals surface area contributed by atoms with Crippen LogP contribution in [-0.4, -0.2) is 23.1 Å². The van der Waals surface area contributed by atoms with Crippen molar-refractivity contribution in [2.24, 2.45) is 5.73 Å². The molecule has 2 N–H and O–H groups in total. The first-order valence-corrected chi connectivity index (χ1v) is 3.80. The highest BCUT2D eigenvalue weighted by Gasteiger charge is 1.99. The number of ether oxygens (including phenoxy) is 1. The van der Waals surface area contributed by atoms with E-state index in [1.807, 2.05) is 13.8 Å². The number of hydrogen-bond donors (Lipinski definition) is 1. The Bertz CT molecular complexity index is 242. The molecule has 1 radical (unpaired) electrons. The number of hydrogen-bond acceptors (Lipinski definition) is 4. The molecule has 0 aliphatic carbocycles. The van der Waals surface area contributed by atoms with Crippen molar-refractivity contribution in [2.45, 2.75) is 13.8 Å². The van der Waals surface area contributed by atoms with Gasteiger partial charge in [-0.15, -0.1) is 0 Å². The fourth-order valence-electron chi connectivity index (χ4n) is 0.844. The van der Waals surface area contributed by atoms with Gasteiger partial charge in [-0.05, 0) is 13.8 Å². The topological polar surface area (TPSA) is 61.0 Å². The van der Waals surface area contributed by atoms with E-state index in [1.54, 1.807) is 0 Å². The Morgan fingerprint density at radius 3 is 2.42 bits per heavy atom. The molecule has 12 heavy (non-hydrogen) atoms. The van der Waals surface area contributed by atoms with Gasteiger partial charge in [-0.25, -0.2) is 0 Å². The van der Waals surface area contributed by atoms with Crippen LogP contribution in [0.15, 0.2) is 0 Å². The molecule has 0 aliphatic rings. The van der Waals surface area contributed by atoms with E-state index in [-0.39, 0.29) is 0 Å². The maximum atomic E-state index is 5.26. The predicted molar refractivity (Wildman–Crippen MR) is 44.9 cm³/mol. The number of nitrogens with two attached hydrogens (primary N) is 1. The normalized spacial score (nSPS) is 9.92. The molecule has 4 nitrogen and oxygen atoms in total. The third-order valence-electron chi connectivity index (χ3n) is 1.24. The fourth-order valence-corrected chi connectivity index (χ4v) is 0.844. The molecule has 1 aromatic rings. The van der Waals surface area contributed by atoms with Crippen molar-refractivity contribution >= 4 is 0 Å². The van der Waals surface area contributed by atoms with E-state index in [2.05, 4.69) is 16.0 Å². The highest BCUT2D eigenvalue weighted by atomic mass is 16.5. The number of rotatable bonds is 3. The summed E-state index contributed by atoms with van der Waals surface area (Å²) in [6.07, 6.45) is 0. The quantitative estimate of drug-likeness (QED) is 0.698. The zero-order valence-electron chi connectivity index (χ0n) is 7.29. The lowest BCUT2D eigenvalue weighted by molar-refractivity contribution is 0.300. The molecule has 0 spiro atoms. The van der Waals surface area contributed by atoms with Crippen molar-refractivity contribution in [1.82, 2.24) is 9.97 Å². The summed E-state index contributed by atoms with van der Waals surface area (Å²) >= 11 is 0. The van der Waals surface area contributed by atoms with Crippen molar-refractivity contribution in [1.29, 1.82) is 0 Å². The minimum atomic E-state index is 0.384. The van der Waals surface area contributed by atoms with Gasteiger partial charge in [0.25, 0.3) is 0 Å². The fraction of sp³-hybridized carbons (Fsp3) is 0.500. The smallest absolute Gasteiger partial charge is 0.316 e. The van der Waals surface area contributed by atoms with Crippen LogP contribution < -0.4 is 10.5 Å². The molecule has 0 saturated carbocycles. The monoisotopic (exact) mass is 166 g/mol. The summed E-state index contributed by atoms with van der Waals surface area (Å²) in [6.45, 7) is 4.62. The molecule has 0 amide bonds. The van der Waals surface area contributed by atoms with Gasteiger partial charge >= 0.3 is 6.01 Å². The molecule has 4 heteroatoms. The van der Waals surface area contributed by atoms with Gasteiger partial charge in [0.15, 0.2) is 0 Å². The van der Waals surface area contributed by atoms with Crippen LogP contribution >= 0.6 is 0 Å². The second kappa shape index (κ2) is 4.01. The van der Waals surface area contributed by atoms with E-state index >= 15 is 0 Å². The standard InChI is InChI=1S/C8H12N3O/c1-6-5-7(2)11-8(10-6)12-4-3-9/h3-4,9H2,1-2H3. The van der Waals surface area contributed by atoms with Crippen LogP contribution in [0.2, 0.25) is 0 Å². The van der Waals surface area contributed by atoms with E-state index in [9.17, 15) is 0 Å². The van der Waals surface area contributed by atoms with Gasteiger partial charge in [0, 0.05) is 12.6 Å². The summed E-state index contributed by atoms with van der Waals surface area (Å²) in [7, 11) is 0. The Hall–Kier alpha value is -1.16. The third-order valence-corrected chi connectivity index (χ3v) is 1.24. The van der Waals surface area contributed by atoms with Crippen LogP contribution in [0.1, 0.15) is 11.4 Å². The average molecular weight is 166 g/mol. The lowest BCUT2D eigenvalue weighted by Gasteiger charge is -2.03. The summed E-state index contributed by atoms with van der Waals surface area (Å²) in [5.41, 5.74) is 6.84. The molecular weight excluding hydrogens is 154 g/mol. The Morgan fingerprint density at radius 2 is 1.92 bits per heavy atom. The van der Waals surface area contributed by atoms with Crippen molar-refractivity contribution in [2.75, 3.05) is 13.2 Å². The average Bonchev–Trinajstić information content (AvgIpc) is 1.99. The van der Waals surface area contributed by atoms with Gasteiger partial charge in [0.1, 0.15) is 6.61 Å². The van der Waals surface area contributed by atoms with Gasteiger partial charge in [0.05, 0.1) is 11.4 Å². The van der Waals surface area contributed by atoms with Gasteiger partial charge in [-0.3, -0.25) is 0 Å². The van der Waals surface area contributed by atoms with Crippen molar-refractivity contribution in [3.8, 4) is 6.01 Å². The van der Waals surface area contributed by atoms with Crippen LogP contribution in [0.3, 0.4) is 0 Å². The number of nitrogens with zero attached hydrogens (tertiary/aromatic N) is 2. The van der Waals surface area contributed by atoms with Crippen LogP contribution in [0.4, 0.5) is 0 Å². The first-order valence-electron chi connectivity index (χ1n) is 3.80. The summed E-state index contributed by atoms with van der Waals surface area (Å²) in [4.78, 5) is 8.05. The highest BCUT2D eigenvalue weighted by molar-refractivity contribution is 5.09. The van der Waals surface area contributed by atoms with E-state index in [4.69, 9.17) is 10.5 Å². The van der Waals surface area contributed by atoms with Crippen LogP contribution in [0, 0.1) is 19.9 Å². The number of aryl methyl sites for hydroxylation is 2. The molecule has 0 bridgehead atoms. The molecule has 0 aliphatic heterocycles. The van der Waals surface area contributed by atoms with Gasteiger partial charge in [-0.2, -0.15) is 9.97 Å². The summed E-state index contributed by atoms with van der Waals surface area (Å²) in [6, 6.07) is 3.34. The van der Waals surface area contributed by atoms with E-state index in [1.165, 1.54) is 0 Å². The number of aromatic nitrogens is 2. The summed E-state index contributed by atoms with van der Waals surface area (Å²) in [5, 5.41) is 0. The molecule has 1 aromatic heterocycles. The second-order valence-corrected chi connectivity index (χ2v) is 2.44.